The minimum atomic E-state index is -1.33. The van der Waals surface area contributed by atoms with E-state index in [2.05, 4.69) is 37.5 Å². The number of ether oxygens (including phenoxy) is 1. The molecule has 0 radical (unpaired) electrons. The first-order chi connectivity index (χ1) is 17.1. The van der Waals surface area contributed by atoms with Crippen LogP contribution in [0.15, 0.2) is 33.6 Å². The molecule has 2 heterocycles. The van der Waals surface area contributed by atoms with Gasteiger partial charge in [0, 0.05) is 47.2 Å². The molecule has 6 nitrogen and oxygen atoms in total. The van der Waals surface area contributed by atoms with E-state index in [1.165, 1.54) is 32.1 Å². The van der Waals surface area contributed by atoms with Crippen LogP contribution in [0.5, 0.6) is 0 Å². The second-order valence-electron chi connectivity index (χ2n) is 11.3. The van der Waals surface area contributed by atoms with Gasteiger partial charge in [0.15, 0.2) is 0 Å². The average Bonchev–Trinajstić information content (AvgIpc) is 3.15. The molecule has 1 aromatic carbocycles. The number of carbonyl (C=O) groups excluding carboxylic acids is 1. The van der Waals surface area contributed by atoms with Crippen LogP contribution < -0.4 is 10.0 Å². The number of nitrogens with one attached hydrogen (secondary N) is 2. The summed E-state index contributed by atoms with van der Waals surface area (Å²) in [6, 6.07) is 8.18. The molecule has 1 aliphatic heterocycles. The summed E-state index contributed by atoms with van der Waals surface area (Å²) >= 11 is 3.66. The molecule has 1 saturated carbocycles. The van der Waals surface area contributed by atoms with Crippen molar-refractivity contribution in [2.45, 2.75) is 95.7 Å². The second kappa shape index (κ2) is 11.9. The van der Waals surface area contributed by atoms with Gasteiger partial charge in [0.2, 0.25) is 0 Å². The molecule has 2 fully saturated rings. The Morgan fingerprint density at radius 1 is 1.11 bits per heavy atom. The van der Waals surface area contributed by atoms with E-state index in [1.807, 2.05) is 45.0 Å². The van der Waals surface area contributed by atoms with Crippen molar-refractivity contribution in [1.29, 1.82) is 0 Å². The van der Waals surface area contributed by atoms with E-state index in [0.29, 0.717) is 24.0 Å². The van der Waals surface area contributed by atoms with Gasteiger partial charge in [-0.05, 0) is 99.0 Å². The number of halogens is 1. The van der Waals surface area contributed by atoms with Crippen LogP contribution in [0.25, 0.3) is 11.3 Å². The summed E-state index contributed by atoms with van der Waals surface area (Å²) in [7, 11) is -1.33. The van der Waals surface area contributed by atoms with Gasteiger partial charge in [0.1, 0.15) is 11.0 Å². The van der Waals surface area contributed by atoms with E-state index in [-0.39, 0.29) is 17.5 Å². The van der Waals surface area contributed by atoms with Crippen molar-refractivity contribution in [2.24, 2.45) is 5.92 Å². The summed E-state index contributed by atoms with van der Waals surface area (Å²) in [5, 5.41) is 3.24. The number of carbonyl (C=O) groups is 1. The fourth-order valence-electron chi connectivity index (χ4n) is 5.23. The minimum absolute atomic E-state index is 0.00536. The van der Waals surface area contributed by atoms with Gasteiger partial charge >= 0.3 is 0 Å². The third kappa shape index (κ3) is 6.88. The van der Waals surface area contributed by atoms with E-state index in [4.69, 9.17) is 4.74 Å². The lowest BCUT2D eigenvalue weighted by Gasteiger charge is -2.25. The lowest BCUT2D eigenvalue weighted by atomic mass is 9.89. The fourth-order valence-corrected chi connectivity index (χ4v) is 7.14. The van der Waals surface area contributed by atoms with Crippen LogP contribution in [0.1, 0.15) is 81.8 Å². The van der Waals surface area contributed by atoms with E-state index in [0.717, 1.165) is 46.4 Å². The molecule has 2 aromatic rings. The van der Waals surface area contributed by atoms with Gasteiger partial charge in [0.05, 0.1) is 10.5 Å². The highest BCUT2D eigenvalue weighted by atomic mass is 79.9. The zero-order valence-electron chi connectivity index (χ0n) is 22.0. The largest absolute Gasteiger partial charge is 0.381 e. The first kappa shape index (κ1) is 27.6. The summed E-state index contributed by atoms with van der Waals surface area (Å²) < 4.78 is 24.6. The molecule has 198 valence electrons. The summed E-state index contributed by atoms with van der Waals surface area (Å²) in [5.41, 5.74) is 3.55. The first-order valence-corrected chi connectivity index (χ1v) is 15.1. The highest BCUT2D eigenvalue weighted by Gasteiger charge is 2.25. The number of rotatable bonds is 7. The standard InChI is InChI=1S/C28H40BrN3O3S/c1-19-23(27(33)30-22-12-14-35-15-13-22)17-25(32(19)18-20-8-6-5-7-9-20)21-10-11-26(24(29)16-21)36(34)31-28(2,3)4/h10-11,16-17,20,22,31H,5-9,12-15,18H2,1-4H3,(H,30,33). The lowest BCUT2D eigenvalue weighted by Crippen LogP contribution is -2.39. The monoisotopic (exact) mass is 577 g/mol. The molecule has 8 heteroatoms. The Balaban J connectivity index is 1.66. The van der Waals surface area contributed by atoms with Crippen molar-refractivity contribution in [2.75, 3.05) is 13.2 Å². The molecular weight excluding hydrogens is 538 g/mol. The molecule has 1 saturated heterocycles. The molecule has 0 bridgehead atoms. The second-order valence-corrected chi connectivity index (χ2v) is 13.3. The fraction of sp³-hybridized carbons (Fsp3) is 0.607. The Labute approximate surface area is 226 Å². The Morgan fingerprint density at radius 3 is 2.44 bits per heavy atom. The van der Waals surface area contributed by atoms with Gasteiger partial charge in [-0.2, -0.15) is 0 Å². The number of benzene rings is 1. The number of hydrogen-bond donors (Lipinski definition) is 2. The maximum absolute atomic E-state index is 13.3. The number of hydrogen-bond acceptors (Lipinski definition) is 3. The van der Waals surface area contributed by atoms with Gasteiger partial charge in [-0.1, -0.05) is 25.3 Å². The van der Waals surface area contributed by atoms with Crippen molar-refractivity contribution in [3.63, 3.8) is 0 Å². The highest BCUT2D eigenvalue weighted by molar-refractivity contribution is 9.10. The molecule has 1 aromatic heterocycles. The molecule has 1 atom stereocenters. The maximum atomic E-state index is 13.3. The van der Waals surface area contributed by atoms with Crippen LogP contribution >= 0.6 is 15.9 Å². The first-order valence-electron chi connectivity index (χ1n) is 13.2. The SMILES string of the molecule is Cc1c(C(=O)NC2CCOCC2)cc(-c2ccc(S(=O)NC(C)(C)C)c(Br)c2)n1CC1CCCCC1. The van der Waals surface area contributed by atoms with Crippen LogP contribution in [0.3, 0.4) is 0 Å². The van der Waals surface area contributed by atoms with Crippen LogP contribution in [0.4, 0.5) is 0 Å². The number of nitrogens with zero attached hydrogens (tertiary/aromatic N) is 1. The zero-order valence-corrected chi connectivity index (χ0v) is 24.4. The van der Waals surface area contributed by atoms with Gasteiger partial charge in [-0.15, -0.1) is 0 Å². The molecule has 4 rings (SSSR count). The smallest absolute Gasteiger partial charge is 0.253 e. The summed E-state index contributed by atoms with van der Waals surface area (Å²) in [6.07, 6.45) is 8.07. The van der Waals surface area contributed by atoms with Gasteiger partial charge in [0.25, 0.3) is 5.91 Å². The van der Waals surface area contributed by atoms with Crippen LogP contribution in [-0.2, 0) is 22.3 Å². The van der Waals surface area contributed by atoms with Crippen molar-refractivity contribution in [1.82, 2.24) is 14.6 Å². The third-order valence-electron chi connectivity index (χ3n) is 7.16. The number of amides is 1. The predicted octanol–water partition coefficient (Wildman–Crippen LogP) is 6.13. The molecule has 2 aliphatic rings. The van der Waals surface area contributed by atoms with Crippen LogP contribution in [0.2, 0.25) is 0 Å². The van der Waals surface area contributed by atoms with Gasteiger partial charge in [-0.3, -0.25) is 4.79 Å². The molecule has 1 amide bonds. The van der Waals surface area contributed by atoms with Crippen LogP contribution in [0, 0.1) is 12.8 Å². The minimum Gasteiger partial charge on any atom is -0.381 e. The lowest BCUT2D eigenvalue weighted by molar-refractivity contribution is 0.0696. The molecular formula is C28H40BrN3O3S. The van der Waals surface area contributed by atoms with Gasteiger partial charge in [-0.25, -0.2) is 8.93 Å². The predicted molar refractivity (Wildman–Crippen MR) is 149 cm³/mol. The Morgan fingerprint density at radius 2 is 1.81 bits per heavy atom. The van der Waals surface area contributed by atoms with Crippen molar-refractivity contribution in [3.05, 3.63) is 40.0 Å². The Kier molecular flexibility index (Phi) is 9.13. The van der Waals surface area contributed by atoms with E-state index < -0.39 is 11.0 Å². The maximum Gasteiger partial charge on any atom is 0.253 e. The normalized spacial score (nSPS) is 18.8. The summed E-state index contributed by atoms with van der Waals surface area (Å²) in [5.74, 6) is 0.621. The van der Waals surface area contributed by atoms with Crippen molar-refractivity contribution >= 4 is 32.8 Å². The molecule has 36 heavy (non-hydrogen) atoms. The molecule has 1 unspecified atom stereocenters. The van der Waals surface area contributed by atoms with Gasteiger partial charge < -0.3 is 14.6 Å². The van der Waals surface area contributed by atoms with Crippen LogP contribution in [-0.4, -0.2) is 39.5 Å². The summed E-state index contributed by atoms with van der Waals surface area (Å²) in [4.78, 5) is 14.1. The van der Waals surface area contributed by atoms with E-state index in [9.17, 15) is 9.00 Å². The van der Waals surface area contributed by atoms with Crippen molar-refractivity contribution < 1.29 is 13.7 Å². The topological polar surface area (TPSA) is 72.4 Å². The Bertz CT molecular complexity index is 1100. The highest BCUT2D eigenvalue weighted by Crippen LogP contribution is 2.34. The third-order valence-corrected chi connectivity index (χ3v) is 9.63. The zero-order chi connectivity index (χ0) is 25.9. The quantitative estimate of drug-likeness (QED) is 0.416. The van der Waals surface area contributed by atoms with E-state index in [1.54, 1.807) is 0 Å². The van der Waals surface area contributed by atoms with Crippen molar-refractivity contribution in [3.8, 4) is 11.3 Å². The van der Waals surface area contributed by atoms with E-state index >= 15 is 0 Å². The molecule has 0 spiro atoms. The summed E-state index contributed by atoms with van der Waals surface area (Å²) in [6.45, 7) is 10.4. The average molecular weight is 579 g/mol. The Hall–Kier alpha value is -1.48. The number of aromatic nitrogens is 1. The molecule has 1 aliphatic carbocycles. The molecule has 2 N–H and O–H groups in total.